The summed E-state index contributed by atoms with van der Waals surface area (Å²) in [6, 6.07) is 1.54. The van der Waals surface area contributed by atoms with Gasteiger partial charge in [0.05, 0.1) is 6.61 Å². The van der Waals surface area contributed by atoms with Gasteiger partial charge in [0.1, 0.15) is 5.56 Å². The van der Waals surface area contributed by atoms with E-state index in [9.17, 15) is 9.59 Å². The van der Waals surface area contributed by atoms with Crippen molar-refractivity contribution in [2.45, 2.75) is 13.8 Å². The fraction of sp³-hybridized carbons (Fsp3) is 0.400. The number of ether oxygens (including phenoxy) is 1. The number of pyridine rings is 1. The third kappa shape index (κ3) is 2.02. The van der Waals surface area contributed by atoms with Crippen LogP contribution in [0.5, 0.6) is 0 Å². The van der Waals surface area contributed by atoms with Crippen molar-refractivity contribution in [2.75, 3.05) is 6.61 Å². The Bertz CT molecular complexity index is 406. The first-order valence-corrected chi connectivity index (χ1v) is 4.40. The van der Waals surface area contributed by atoms with E-state index in [4.69, 9.17) is 4.74 Å². The third-order valence-electron chi connectivity index (χ3n) is 1.82. The van der Waals surface area contributed by atoms with Crippen LogP contribution in [0.2, 0.25) is 0 Å². The number of hydrogen-bond donors (Lipinski definition) is 0. The molecule has 4 heteroatoms. The van der Waals surface area contributed by atoms with Gasteiger partial charge in [-0.15, -0.1) is 0 Å². The van der Waals surface area contributed by atoms with Crippen LogP contribution in [0, 0.1) is 6.92 Å². The lowest BCUT2D eigenvalue weighted by Crippen LogP contribution is -2.25. The predicted octanol–water partition coefficient (Wildman–Crippen LogP) is 0.870. The van der Waals surface area contributed by atoms with Crippen LogP contribution in [0.15, 0.2) is 17.1 Å². The summed E-state index contributed by atoms with van der Waals surface area (Å²) in [4.78, 5) is 22.8. The minimum atomic E-state index is -0.559. The fourth-order valence-corrected chi connectivity index (χ4v) is 1.24. The Morgan fingerprint density at radius 1 is 1.57 bits per heavy atom. The van der Waals surface area contributed by atoms with E-state index in [0.29, 0.717) is 0 Å². The first kappa shape index (κ1) is 10.5. The molecule has 1 rings (SSSR count). The van der Waals surface area contributed by atoms with Gasteiger partial charge in [-0.25, -0.2) is 4.79 Å². The number of hydrogen-bond acceptors (Lipinski definition) is 3. The third-order valence-corrected chi connectivity index (χ3v) is 1.82. The molecule has 0 fully saturated rings. The molecule has 0 aliphatic rings. The van der Waals surface area contributed by atoms with Gasteiger partial charge in [-0.1, -0.05) is 0 Å². The number of esters is 1. The predicted molar refractivity (Wildman–Crippen MR) is 52.4 cm³/mol. The van der Waals surface area contributed by atoms with Gasteiger partial charge in [0.25, 0.3) is 5.56 Å². The van der Waals surface area contributed by atoms with E-state index in [1.54, 1.807) is 26.2 Å². The Balaban J connectivity index is 3.21. The van der Waals surface area contributed by atoms with Crippen molar-refractivity contribution >= 4 is 5.97 Å². The summed E-state index contributed by atoms with van der Waals surface area (Å²) in [6.07, 6.45) is 1.67. The summed E-state index contributed by atoms with van der Waals surface area (Å²) in [7, 11) is 1.61. The minimum Gasteiger partial charge on any atom is -0.462 e. The van der Waals surface area contributed by atoms with Crippen molar-refractivity contribution in [2.24, 2.45) is 7.05 Å². The largest absolute Gasteiger partial charge is 0.462 e. The summed E-state index contributed by atoms with van der Waals surface area (Å²) >= 11 is 0. The quantitative estimate of drug-likeness (QED) is 0.658. The number of carbonyl (C=O) groups is 1. The number of nitrogens with zero attached hydrogens (tertiary/aromatic N) is 1. The Morgan fingerprint density at radius 2 is 2.21 bits per heavy atom. The number of rotatable bonds is 2. The summed E-state index contributed by atoms with van der Waals surface area (Å²) in [6.45, 7) is 3.80. The van der Waals surface area contributed by atoms with Gasteiger partial charge in [-0.3, -0.25) is 4.79 Å². The van der Waals surface area contributed by atoms with Crippen molar-refractivity contribution in [3.8, 4) is 0 Å². The number of aromatic nitrogens is 1. The van der Waals surface area contributed by atoms with Crippen LogP contribution in [-0.4, -0.2) is 17.1 Å². The molecule has 76 valence electrons. The maximum Gasteiger partial charge on any atom is 0.343 e. The molecule has 14 heavy (non-hydrogen) atoms. The second kappa shape index (κ2) is 4.09. The van der Waals surface area contributed by atoms with E-state index in [1.165, 1.54) is 4.57 Å². The molecule has 0 spiro atoms. The van der Waals surface area contributed by atoms with Crippen LogP contribution >= 0.6 is 0 Å². The zero-order valence-electron chi connectivity index (χ0n) is 8.53. The van der Waals surface area contributed by atoms with E-state index in [-0.39, 0.29) is 17.7 Å². The maximum absolute atomic E-state index is 11.5. The molecular formula is C10H13NO3. The Kier molecular flexibility index (Phi) is 3.06. The standard InChI is InChI=1S/C10H13NO3/c1-4-14-10(13)8-5-7(2)6-11(3)9(8)12/h5-6H,4H2,1-3H3. The van der Waals surface area contributed by atoms with Gasteiger partial charge in [-0.05, 0) is 25.5 Å². The van der Waals surface area contributed by atoms with Crippen molar-refractivity contribution in [1.29, 1.82) is 0 Å². The van der Waals surface area contributed by atoms with Crippen molar-refractivity contribution < 1.29 is 9.53 Å². The average molecular weight is 195 g/mol. The zero-order chi connectivity index (χ0) is 10.7. The van der Waals surface area contributed by atoms with E-state index in [2.05, 4.69) is 0 Å². The smallest absolute Gasteiger partial charge is 0.343 e. The molecule has 0 unspecified atom stereocenters. The Hall–Kier alpha value is -1.58. The van der Waals surface area contributed by atoms with Gasteiger partial charge in [0, 0.05) is 13.2 Å². The van der Waals surface area contributed by atoms with Crippen molar-refractivity contribution in [3.05, 3.63) is 33.7 Å². The second-order valence-corrected chi connectivity index (χ2v) is 3.07. The highest BCUT2D eigenvalue weighted by molar-refractivity contribution is 5.89. The zero-order valence-corrected chi connectivity index (χ0v) is 8.53. The van der Waals surface area contributed by atoms with Crippen LogP contribution in [0.25, 0.3) is 0 Å². The van der Waals surface area contributed by atoms with Crippen LogP contribution < -0.4 is 5.56 Å². The Morgan fingerprint density at radius 3 is 2.79 bits per heavy atom. The molecule has 0 N–H and O–H groups in total. The highest BCUT2D eigenvalue weighted by Crippen LogP contribution is 2.00. The van der Waals surface area contributed by atoms with E-state index >= 15 is 0 Å². The fourth-order valence-electron chi connectivity index (χ4n) is 1.24. The molecule has 0 amide bonds. The number of aryl methyl sites for hydroxylation is 2. The first-order valence-electron chi connectivity index (χ1n) is 4.40. The number of carbonyl (C=O) groups excluding carboxylic acids is 1. The molecule has 1 aromatic heterocycles. The van der Waals surface area contributed by atoms with E-state index < -0.39 is 5.97 Å². The summed E-state index contributed by atoms with van der Waals surface area (Å²) in [5, 5.41) is 0. The van der Waals surface area contributed by atoms with Gasteiger partial charge in [0.2, 0.25) is 0 Å². The second-order valence-electron chi connectivity index (χ2n) is 3.07. The Labute approximate surface area is 82.1 Å². The maximum atomic E-state index is 11.5. The molecular weight excluding hydrogens is 182 g/mol. The summed E-state index contributed by atoms with van der Waals surface area (Å²) < 4.78 is 6.14. The molecule has 1 aromatic rings. The molecule has 0 saturated heterocycles. The first-order chi connectivity index (χ1) is 6.56. The minimum absolute atomic E-state index is 0.0920. The monoisotopic (exact) mass is 195 g/mol. The molecule has 0 aliphatic carbocycles. The lowest BCUT2D eigenvalue weighted by Gasteiger charge is -2.04. The van der Waals surface area contributed by atoms with Crippen LogP contribution in [0.4, 0.5) is 0 Å². The molecule has 0 atom stereocenters. The van der Waals surface area contributed by atoms with Gasteiger partial charge in [0.15, 0.2) is 0 Å². The topological polar surface area (TPSA) is 48.3 Å². The SMILES string of the molecule is CCOC(=O)c1cc(C)cn(C)c1=O. The highest BCUT2D eigenvalue weighted by atomic mass is 16.5. The van der Waals surface area contributed by atoms with Gasteiger partial charge >= 0.3 is 5.97 Å². The highest BCUT2D eigenvalue weighted by Gasteiger charge is 2.12. The molecule has 0 bridgehead atoms. The summed E-state index contributed by atoms with van der Waals surface area (Å²) in [5.74, 6) is -0.559. The van der Waals surface area contributed by atoms with Crippen molar-refractivity contribution in [1.82, 2.24) is 4.57 Å². The van der Waals surface area contributed by atoms with Crippen LogP contribution in [-0.2, 0) is 11.8 Å². The normalized spacial score (nSPS) is 9.93. The van der Waals surface area contributed by atoms with Gasteiger partial charge < -0.3 is 9.30 Å². The average Bonchev–Trinajstić information content (AvgIpc) is 2.11. The van der Waals surface area contributed by atoms with Crippen LogP contribution in [0.1, 0.15) is 22.8 Å². The lowest BCUT2D eigenvalue weighted by molar-refractivity contribution is 0.0523. The van der Waals surface area contributed by atoms with E-state index in [0.717, 1.165) is 5.56 Å². The van der Waals surface area contributed by atoms with Crippen LogP contribution in [0.3, 0.4) is 0 Å². The molecule has 0 aliphatic heterocycles. The molecule has 0 aromatic carbocycles. The molecule has 0 radical (unpaired) electrons. The lowest BCUT2D eigenvalue weighted by atomic mass is 10.2. The molecule has 1 heterocycles. The van der Waals surface area contributed by atoms with Crippen molar-refractivity contribution in [3.63, 3.8) is 0 Å². The van der Waals surface area contributed by atoms with E-state index in [1.807, 2.05) is 6.92 Å². The molecule has 0 saturated carbocycles. The van der Waals surface area contributed by atoms with Gasteiger partial charge in [-0.2, -0.15) is 0 Å². The molecule has 4 nitrogen and oxygen atoms in total. The summed E-state index contributed by atoms with van der Waals surface area (Å²) in [5.41, 5.74) is 0.624.